The molecule has 428 valence electrons. The minimum Gasteiger partial charge on any atom is -0.494 e. The van der Waals surface area contributed by atoms with Crippen LogP contribution in [0.2, 0.25) is 5.02 Å². The number of esters is 4. The van der Waals surface area contributed by atoms with Crippen LogP contribution in [0.25, 0.3) is 20.4 Å². The number of nitrogens with zero attached hydrogens (tertiary/aromatic N) is 4. The second kappa shape index (κ2) is 32.1. The fraction of sp³-hybridized carbons (Fsp3) is 0.250. The van der Waals surface area contributed by atoms with E-state index < -0.39 is 23.9 Å². The van der Waals surface area contributed by atoms with Crippen molar-refractivity contribution in [1.29, 1.82) is 0 Å². The molecule has 0 saturated heterocycles. The molecule has 0 radical (unpaired) electrons. The Bertz CT molecular complexity index is 3370. The maximum absolute atomic E-state index is 14.1. The van der Waals surface area contributed by atoms with E-state index in [0.29, 0.717) is 94.7 Å². The zero-order valence-electron chi connectivity index (χ0n) is 45.7. The molecule has 83 heavy (non-hydrogen) atoms. The van der Waals surface area contributed by atoms with Gasteiger partial charge < -0.3 is 28.4 Å². The van der Waals surface area contributed by atoms with Crippen molar-refractivity contribution in [3.8, 4) is 17.2 Å². The summed E-state index contributed by atoms with van der Waals surface area (Å²) in [6.07, 6.45) is 13.9. The van der Waals surface area contributed by atoms with Crippen molar-refractivity contribution < 1.29 is 47.6 Å². The first-order valence-electron chi connectivity index (χ1n) is 27.3. The van der Waals surface area contributed by atoms with Gasteiger partial charge in [0.25, 0.3) is 0 Å². The molecule has 0 atom stereocenters. The number of ether oxygens (including phenoxy) is 6. The Labute approximate surface area is 494 Å². The van der Waals surface area contributed by atoms with Crippen LogP contribution >= 0.6 is 34.3 Å². The third-order valence-electron chi connectivity index (χ3n) is 12.8. The molecule has 0 aliphatic rings. The second-order valence-corrected chi connectivity index (χ2v) is 21.3. The molecule has 8 rings (SSSR count). The van der Waals surface area contributed by atoms with Crippen LogP contribution in [0.3, 0.4) is 0 Å². The first kappa shape index (κ1) is 60.4. The predicted molar refractivity (Wildman–Crippen MR) is 329 cm³/mol. The molecule has 2 heterocycles. The van der Waals surface area contributed by atoms with Gasteiger partial charge in [-0.1, -0.05) is 83.8 Å². The molecule has 2 aromatic heterocycles. The van der Waals surface area contributed by atoms with Crippen LogP contribution in [0.4, 0.5) is 10.3 Å². The van der Waals surface area contributed by atoms with Crippen molar-refractivity contribution in [2.75, 3.05) is 43.9 Å². The Kier molecular flexibility index (Phi) is 23.3. The maximum Gasteiger partial charge on any atom is 0.343 e. The van der Waals surface area contributed by atoms with Crippen LogP contribution in [0.5, 0.6) is 17.2 Å². The van der Waals surface area contributed by atoms with Crippen LogP contribution in [0.15, 0.2) is 163 Å². The number of benzene rings is 6. The summed E-state index contributed by atoms with van der Waals surface area (Å²) in [5, 5.41) is 10.9. The summed E-state index contributed by atoms with van der Waals surface area (Å²) in [7, 11) is 0. The van der Waals surface area contributed by atoms with Crippen molar-refractivity contribution in [2.24, 2.45) is 10.2 Å². The van der Waals surface area contributed by atoms with Gasteiger partial charge in [-0.2, -0.15) is 10.2 Å². The quantitative estimate of drug-likeness (QED) is 0.00749. The lowest BCUT2D eigenvalue weighted by Crippen LogP contribution is -2.12. The monoisotopic (exact) mass is 1170 g/mol. The van der Waals surface area contributed by atoms with Crippen LogP contribution < -0.4 is 25.1 Å². The second-order valence-electron chi connectivity index (χ2n) is 18.8. The molecule has 16 nitrogen and oxygen atoms in total. The standard InChI is InChI=1S/C64H63ClN6O10S2/c1-3-58(72)78-36-15-7-5-13-34-76-51-29-25-47(26-30-51)61(74)80-38-33-44-21-23-46(53(65)41-44)24-22-45-39-49(42-66-70-63-68-54-17-9-11-19-56(54)82-63)60(50(40-45)43-67-71-64-69-55-18-10-12-20-57(55)83-64)81-62(75)48-27-31-52(32-28-48)77-35-14-6-8-16-37-79-59(73)4-2/h3-4,9-12,17-21,23,25-32,39-43H,1-2,5-8,13-16,22,24,33-38H2,(H,68,70)(H,69,71)/b66-42+,67-43+. The normalized spacial score (nSPS) is 11.2. The number of unbranched alkanes of at least 4 members (excludes halogenated alkanes) is 6. The number of carbonyl (C=O) groups excluding carboxylic acids is 4. The number of aromatic nitrogens is 2. The van der Waals surface area contributed by atoms with Gasteiger partial charge in [0.1, 0.15) is 17.2 Å². The Morgan fingerprint density at radius 3 is 1.51 bits per heavy atom. The summed E-state index contributed by atoms with van der Waals surface area (Å²) in [6.45, 7) is 8.72. The van der Waals surface area contributed by atoms with Crippen molar-refractivity contribution in [3.05, 3.63) is 197 Å². The first-order chi connectivity index (χ1) is 40.6. The van der Waals surface area contributed by atoms with Gasteiger partial charge in [-0.3, -0.25) is 10.9 Å². The molecule has 19 heteroatoms. The third-order valence-corrected chi connectivity index (χ3v) is 15.0. The van der Waals surface area contributed by atoms with Gasteiger partial charge in [0.2, 0.25) is 10.3 Å². The van der Waals surface area contributed by atoms with Gasteiger partial charge in [-0.15, -0.1) is 0 Å². The molecule has 0 aliphatic heterocycles. The lowest BCUT2D eigenvalue weighted by molar-refractivity contribution is -0.138. The van der Waals surface area contributed by atoms with Crippen LogP contribution in [-0.2, 0) is 43.1 Å². The van der Waals surface area contributed by atoms with Crippen molar-refractivity contribution in [1.82, 2.24) is 9.97 Å². The molecule has 6 aromatic carbocycles. The number of nitrogens with one attached hydrogen (secondary N) is 2. The maximum atomic E-state index is 14.1. The molecule has 8 aromatic rings. The highest BCUT2D eigenvalue weighted by atomic mass is 35.5. The van der Waals surface area contributed by atoms with E-state index in [9.17, 15) is 19.2 Å². The van der Waals surface area contributed by atoms with Gasteiger partial charge in [-0.25, -0.2) is 29.1 Å². The highest BCUT2D eigenvalue weighted by Crippen LogP contribution is 2.31. The summed E-state index contributed by atoms with van der Waals surface area (Å²) in [6, 6.07) is 39.0. The molecule has 0 amide bonds. The predicted octanol–water partition coefficient (Wildman–Crippen LogP) is 14.2. The zero-order valence-corrected chi connectivity index (χ0v) is 48.1. The highest BCUT2D eigenvalue weighted by Gasteiger charge is 2.18. The van der Waals surface area contributed by atoms with Crippen molar-refractivity contribution in [2.45, 2.75) is 70.6 Å². The lowest BCUT2D eigenvalue weighted by atomic mass is 9.98. The summed E-state index contributed by atoms with van der Waals surface area (Å²) in [4.78, 5) is 58.8. The molecule has 0 bridgehead atoms. The topological polar surface area (TPSA) is 198 Å². The first-order valence-corrected chi connectivity index (χ1v) is 29.3. The fourth-order valence-electron chi connectivity index (χ4n) is 8.40. The smallest absolute Gasteiger partial charge is 0.343 e. The number of hydrogen-bond donors (Lipinski definition) is 2. The van der Waals surface area contributed by atoms with E-state index in [1.54, 1.807) is 61.0 Å². The summed E-state index contributed by atoms with van der Waals surface area (Å²) < 4.78 is 35.7. The molecule has 0 saturated carbocycles. The molecular formula is C64H63ClN6O10S2. The number of hydrogen-bond acceptors (Lipinski definition) is 18. The van der Waals surface area contributed by atoms with Gasteiger partial charge in [0, 0.05) is 34.7 Å². The number of halogens is 1. The fourth-order valence-corrected chi connectivity index (χ4v) is 10.3. The number of rotatable bonds is 33. The third kappa shape index (κ3) is 19.2. The molecule has 0 unspecified atom stereocenters. The lowest BCUT2D eigenvalue weighted by Gasteiger charge is -2.14. The minimum absolute atomic E-state index is 0.161. The van der Waals surface area contributed by atoms with E-state index >= 15 is 0 Å². The van der Waals surface area contributed by atoms with Crippen molar-refractivity contribution >= 4 is 101 Å². The van der Waals surface area contributed by atoms with Gasteiger partial charge >= 0.3 is 23.9 Å². The van der Waals surface area contributed by atoms with E-state index in [0.717, 1.165) is 101 Å². The van der Waals surface area contributed by atoms with E-state index in [-0.39, 0.29) is 12.4 Å². The summed E-state index contributed by atoms with van der Waals surface area (Å²) in [5.74, 6) is -0.379. The molecule has 0 fully saturated rings. The number of thiazole rings is 2. The number of fused-ring (bicyclic) bond motifs is 2. The Morgan fingerprint density at radius 2 is 1.01 bits per heavy atom. The average Bonchev–Trinajstić information content (AvgIpc) is 4.28. The van der Waals surface area contributed by atoms with Crippen LogP contribution in [0, 0.1) is 0 Å². The van der Waals surface area contributed by atoms with E-state index in [4.69, 9.17) is 40.0 Å². The SMILES string of the molecule is C=CC(=O)OCCCCCCOc1ccc(C(=O)OCCc2ccc(CCc3cc(/C=N/Nc4nc5ccccc5s4)c(OC(=O)c4ccc(OCCCCCCOC(=O)C=C)cc4)c(/C=N/Nc4nc5ccccc5s4)c3)c(Cl)c2)cc1. The largest absolute Gasteiger partial charge is 0.494 e. The Morgan fingerprint density at radius 1 is 0.518 bits per heavy atom. The Hall–Kier alpha value is -8.71. The van der Waals surface area contributed by atoms with Gasteiger partial charge in [0.05, 0.1) is 77.0 Å². The van der Waals surface area contributed by atoms with Gasteiger partial charge in [-0.05, 0) is 172 Å². The van der Waals surface area contributed by atoms with E-state index in [2.05, 4.69) is 44.2 Å². The average molecular weight is 1180 g/mol. The van der Waals surface area contributed by atoms with Crippen molar-refractivity contribution in [3.63, 3.8) is 0 Å². The van der Waals surface area contributed by atoms with E-state index in [1.165, 1.54) is 22.7 Å². The van der Waals surface area contributed by atoms with Crippen LogP contribution in [-0.4, -0.2) is 79.3 Å². The molecule has 0 aliphatic carbocycles. The summed E-state index contributed by atoms with van der Waals surface area (Å²) >= 11 is 9.86. The highest BCUT2D eigenvalue weighted by molar-refractivity contribution is 7.22. The number of carbonyl (C=O) groups is 4. The molecule has 2 N–H and O–H groups in total. The minimum atomic E-state index is -0.604. The number of para-hydroxylation sites is 2. The molecule has 0 spiro atoms. The summed E-state index contributed by atoms with van der Waals surface area (Å²) in [5.41, 5.74) is 12.2. The zero-order chi connectivity index (χ0) is 58.0. The van der Waals surface area contributed by atoms with Gasteiger partial charge in [0.15, 0.2) is 0 Å². The van der Waals surface area contributed by atoms with Crippen LogP contribution in [0.1, 0.15) is 99.9 Å². The molecular weight excluding hydrogens is 1110 g/mol. The number of anilines is 2. The Balaban J connectivity index is 0.924. The number of hydrazone groups is 2. The number of aryl methyl sites for hydroxylation is 2. The van der Waals surface area contributed by atoms with E-state index in [1.807, 2.05) is 78.9 Å².